The molecule has 0 spiro atoms. The number of hydrogen-bond donors (Lipinski definition) is 1. The molecule has 0 bridgehead atoms. The first kappa shape index (κ1) is 16.3. The maximum atomic E-state index is 10.8. The van der Waals surface area contributed by atoms with Gasteiger partial charge in [0, 0.05) is 0 Å². The van der Waals surface area contributed by atoms with Gasteiger partial charge in [-0.25, -0.2) is 0 Å². The van der Waals surface area contributed by atoms with Gasteiger partial charge in [-0.1, -0.05) is 19.4 Å². The zero-order valence-electron chi connectivity index (χ0n) is 13.0. The van der Waals surface area contributed by atoms with E-state index in [-0.39, 0.29) is 6.42 Å². The van der Waals surface area contributed by atoms with Crippen LogP contribution in [0, 0.1) is 20.8 Å². The minimum absolute atomic E-state index is 0.0687. The number of rotatable bonds is 6. The number of carboxylic acid groups (broad SMARTS) is 1. The molecule has 1 aromatic carbocycles. The molecule has 0 saturated heterocycles. The van der Waals surface area contributed by atoms with E-state index in [0.29, 0.717) is 0 Å². The van der Waals surface area contributed by atoms with Crippen LogP contribution in [-0.4, -0.2) is 18.2 Å². The molecule has 0 fully saturated rings. The minimum atomic E-state index is -0.792. The molecule has 1 rings (SSSR count). The Labute approximate surface area is 121 Å². The van der Waals surface area contributed by atoms with Gasteiger partial charge >= 0.3 is 5.97 Å². The predicted octanol–water partition coefficient (Wildman–Crippen LogP) is 4.28. The molecule has 0 aliphatic carbocycles. The van der Waals surface area contributed by atoms with Crippen molar-refractivity contribution in [2.45, 2.75) is 47.0 Å². The average molecular weight is 276 g/mol. The predicted molar refractivity (Wildman–Crippen MR) is 82.3 cm³/mol. The molecular weight excluding hydrogens is 252 g/mol. The molecule has 0 unspecified atom stereocenters. The van der Waals surface area contributed by atoms with Crippen molar-refractivity contribution in [1.29, 1.82) is 0 Å². The van der Waals surface area contributed by atoms with E-state index in [1.165, 1.54) is 11.1 Å². The lowest BCUT2D eigenvalue weighted by atomic mass is 9.89. The fraction of sp³-hybridized carbons (Fsp3) is 0.471. The fourth-order valence-electron chi connectivity index (χ4n) is 2.56. The SMILES string of the molecule is CCC/C(=C\CC(=O)O)c1c(C)cc(OC)c(C)c1C. The number of aliphatic carboxylic acids is 1. The third kappa shape index (κ3) is 3.62. The van der Waals surface area contributed by atoms with Gasteiger partial charge < -0.3 is 9.84 Å². The van der Waals surface area contributed by atoms with E-state index in [1.54, 1.807) is 7.11 Å². The van der Waals surface area contributed by atoms with Crippen molar-refractivity contribution in [3.63, 3.8) is 0 Å². The normalized spacial score (nSPS) is 11.6. The summed E-state index contributed by atoms with van der Waals surface area (Å²) in [6, 6.07) is 2.03. The summed E-state index contributed by atoms with van der Waals surface area (Å²) in [4.78, 5) is 10.8. The van der Waals surface area contributed by atoms with Gasteiger partial charge in [0.1, 0.15) is 5.75 Å². The number of allylic oxidation sites excluding steroid dienone is 1. The summed E-state index contributed by atoms with van der Waals surface area (Å²) < 4.78 is 5.39. The number of aryl methyl sites for hydroxylation is 1. The third-order valence-electron chi connectivity index (χ3n) is 3.63. The molecule has 1 aromatic rings. The Balaban J connectivity index is 3.37. The maximum Gasteiger partial charge on any atom is 0.307 e. The fourth-order valence-corrected chi connectivity index (χ4v) is 2.56. The van der Waals surface area contributed by atoms with Crippen LogP contribution in [0.4, 0.5) is 0 Å². The molecule has 3 nitrogen and oxygen atoms in total. The minimum Gasteiger partial charge on any atom is -0.496 e. The standard InChI is InChI=1S/C17H24O3/c1-6-7-14(8-9-16(18)19)17-11(2)10-15(20-5)12(3)13(17)4/h8,10H,6-7,9H2,1-5H3,(H,18,19)/b14-8+. The Kier molecular flexibility index (Phi) is 5.81. The van der Waals surface area contributed by atoms with E-state index in [0.717, 1.165) is 35.3 Å². The van der Waals surface area contributed by atoms with Crippen LogP contribution in [0.25, 0.3) is 5.57 Å². The summed E-state index contributed by atoms with van der Waals surface area (Å²) in [7, 11) is 1.67. The summed E-state index contributed by atoms with van der Waals surface area (Å²) in [5.41, 5.74) is 5.72. The van der Waals surface area contributed by atoms with Crippen LogP contribution in [0.2, 0.25) is 0 Å². The number of methoxy groups -OCH3 is 1. The first-order valence-corrected chi connectivity index (χ1v) is 6.98. The molecule has 3 heteroatoms. The van der Waals surface area contributed by atoms with Crippen molar-refractivity contribution in [3.05, 3.63) is 34.4 Å². The zero-order chi connectivity index (χ0) is 15.3. The molecule has 0 amide bonds. The Bertz CT molecular complexity index is 528. The molecule has 0 aliphatic rings. The lowest BCUT2D eigenvalue weighted by Crippen LogP contribution is -2.01. The molecule has 0 heterocycles. The van der Waals surface area contributed by atoms with Gasteiger partial charge in [-0.2, -0.15) is 0 Å². The Morgan fingerprint density at radius 3 is 2.45 bits per heavy atom. The van der Waals surface area contributed by atoms with Crippen molar-refractivity contribution < 1.29 is 14.6 Å². The molecule has 0 aromatic heterocycles. The van der Waals surface area contributed by atoms with E-state index in [9.17, 15) is 4.79 Å². The number of hydrogen-bond acceptors (Lipinski definition) is 2. The Morgan fingerprint density at radius 1 is 1.30 bits per heavy atom. The summed E-state index contributed by atoms with van der Waals surface area (Å²) >= 11 is 0. The number of carboxylic acids is 1. The smallest absolute Gasteiger partial charge is 0.307 e. The summed E-state index contributed by atoms with van der Waals surface area (Å²) in [5, 5.41) is 8.89. The largest absolute Gasteiger partial charge is 0.496 e. The number of carbonyl (C=O) groups is 1. The summed E-state index contributed by atoms with van der Waals surface area (Å²) in [6.07, 6.45) is 3.79. The second-order valence-electron chi connectivity index (χ2n) is 5.10. The average Bonchev–Trinajstić information content (AvgIpc) is 2.40. The van der Waals surface area contributed by atoms with Crippen molar-refractivity contribution in [1.82, 2.24) is 0 Å². The highest BCUT2D eigenvalue weighted by Gasteiger charge is 2.14. The third-order valence-corrected chi connectivity index (χ3v) is 3.63. The van der Waals surface area contributed by atoms with Crippen LogP contribution in [-0.2, 0) is 4.79 Å². The quantitative estimate of drug-likeness (QED) is 0.843. The van der Waals surface area contributed by atoms with Crippen molar-refractivity contribution in [3.8, 4) is 5.75 Å². The van der Waals surface area contributed by atoms with Crippen LogP contribution >= 0.6 is 0 Å². The summed E-state index contributed by atoms with van der Waals surface area (Å²) in [6.45, 7) is 8.27. The van der Waals surface area contributed by atoms with Crippen molar-refractivity contribution in [2.75, 3.05) is 7.11 Å². The van der Waals surface area contributed by atoms with Crippen LogP contribution in [0.3, 0.4) is 0 Å². The van der Waals surface area contributed by atoms with Gasteiger partial charge in [-0.05, 0) is 61.1 Å². The van der Waals surface area contributed by atoms with Crippen molar-refractivity contribution in [2.24, 2.45) is 0 Å². The number of benzene rings is 1. The van der Waals surface area contributed by atoms with Gasteiger partial charge in [-0.15, -0.1) is 0 Å². The highest BCUT2D eigenvalue weighted by Crippen LogP contribution is 2.33. The van der Waals surface area contributed by atoms with Crippen molar-refractivity contribution >= 4 is 11.5 Å². The van der Waals surface area contributed by atoms with Crippen LogP contribution in [0.1, 0.15) is 48.4 Å². The highest BCUT2D eigenvalue weighted by atomic mass is 16.5. The molecule has 1 N–H and O–H groups in total. The van der Waals surface area contributed by atoms with Crippen LogP contribution in [0.15, 0.2) is 12.1 Å². The topological polar surface area (TPSA) is 46.5 Å². The molecule has 0 atom stereocenters. The first-order chi connectivity index (χ1) is 9.42. The van der Waals surface area contributed by atoms with Gasteiger partial charge in [0.25, 0.3) is 0 Å². The van der Waals surface area contributed by atoms with Gasteiger partial charge in [0.2, 0.25) is 0 Å². The molecule has 110 valence electrons. The zero-order valence-corrected chi connectivity index (χ0v) is 13.0. The van der Waals surface area contributed by atoms with Gasteiger partial charge in [0.15, 0.2) is 0 Å². The number of ether oxygens (including phenoxy) is 1. The second-order valence-corrected chi connectivity index (χ2v) is 5.10. The van der Waals surface area contributed by atoms with Crippen LogP contribution in [0.5, 0.6) is 5.75 Å². The maximum absolute atomic E-state index is 10.8. The molecule has 0 aliphatic heterocycles. The van der Waals surface area contributed by atoms with Gasteiger partial charge in [0.05, 0.1) is 13.5 Å². The molecule has 0 radical (unpaired) electrons. The Morgan fingerprint density at radius 2 is 1.95 bits per heavy atom. The molecular formula is C17H24O3. The molecule has 0 saturated carbocycles. The van der Waals surface area contributed by atoms with E-state index in [1.807, 2.05) is 19.1 Å². The first-order valence-electron chi connectivity index (χ1n) is 6.98. The van der Waals surface area contributed by atoms with Gasteiger partial charge in [-0.3, -0.25) is 4.79 Å². The van der Waals surface area contributed by atoms with E-state index in [2.05, 4.69) is 20.8 Å². The lowest BCUT2D eigenvalue weighted by molar-refractivity contribution is -0.135. The van der Waals surface area contributed by atoms with E-state index >= 15 is 0 Å². The monoisotopic (exact) mass is 276 g/mol. The molecule has 20 heavy (non-hydrogen) atoms. The van der Waals surface area contributed by atoms with E-state index in [4.69, 9.17) is 9.84 Å². The van der Waals surface area contributed by atoms with E-state index < -0.39 is 5.97 Å². The van der Waals surface area contributed by atoms with Crippen LogP contribution < -0.4 is 4.74 Å². The summed E-state index contributed by atoms with van der Waals surface area (Å²) in [5.74, 6) is 0.0944. The highest BCUT2D eigenvalue weighted by molar-refractivity contribution is 5.77. The Hall–Kier alpha value is -1.77. The lowest BCUT2D eigenvalue weighted by Gasteiger charge is -2.18. The second kappa shape index (κ2) is 7.13.